The van der Waals surface area contributed by atoms with Gasteiger partial charge in [0.1, 0.15) is 5.69 Å². The van der Waals surface area contributed by atoms with Crippen LogP contribution in [0, 0.1) is 13.8 Å². The molecule has 0 aliphatic heterocycles. The Balaban J connectivity index is 1.41. The molecule has 5 rings (SSSR count). The standard InChI is InChI=1S/C28H24ClN5O3/c1-18-14-23(32-34(18)22-11-6-10-21(29)15-22)26-19(2)31-27-24(12-7-13-33(27)28(26)36)37-17-25(35)30-16-20-8-4-3-5-9-20/h3-15H,16-17H2,1-2H3,(H,30,35). The van der Waals surface area contributed by atoms with E-state index in [4.69, 9.17) is 16.3 Å². The van der Waals surface area contributed by atoms with Gasteiger partial charge in [-0.1, -0.05) is 48.0 Å². The van der Waals surface area contributed by atoms with Crippen molar-refractivity contribution in [2.75, 3.05) is 6.61 Å². The minimum atomic E-state index is -0.280. The fourth-order valence-corrected chi connectivity index (χ4v) is 4.29. The number of aryl methyl sites for hydroxylation is 2. The van der Waals surface area contributed by atoms with Gasteiger partial charge in [0.05, 0.1) is 16.9 Å². The predicted molar refractivity (Wildman–Crippen MR) is 142 cm³/mol. The van der Waals surface area contributed by atoms with E-state index < -0.39 is 0 Å². The summed E-state index contributed by atoms with van der Waals surface area (Å²) in [6.45, 7) is 3.87. The number of ether oxygens (including phenoxy) is 1. The highest BCUT2D eigenvalue weighted by molar-refractivity contribution is 6.30. The first-order chi connectivity index (χ1) is 17.9. The molecule has 37 heavy (non-hydrogen) atoms. The number of nitrogens with zero attached hydrogens (tertiary/aromatic N) is 4. The van der Waals surface area contributed by atoms with E-state index in [0.29, 0.717) is 39.9 Å². The number of rotatable bonds is 7. The number of fused-ring (bicyclic) bond motifs is 1. The number of halogens is 1. The molecule has 0 radical (unpaired) electrons. The van der Waals surface area contributed by atoms with E-state index in [1.165, 1.54) is 4.40 Å². The number of hydrogen-bond acceptors (Lipinski definition) is 5. The van der Waals surface area contributed by atoms with Crippen molar-refractivity contribution in [1.29, 1.82) is 0 Å². The van der Waals surface area contributed by atoms with Gasteiger partial charge >= 0.3 is 0 Å². The maximum absolute atomic E-state index is 13.5. The number of benzene rings is 2. The normalized spacial score (nSPS) is 11.0. The lowest BCUT2D eigenvalue weighted by atomic mass is 10.1. The van der Waals surface area contributed by atoms with Crippen LogP contribution in [0.2, 0.25) is 5.02 Å². The zero-order valence-corrected chi connectivity index (χ0v) is 21.1. The average Bonchev–Trinajstić information content (AvgIpc) is 3.28. The Morgan fingerprint density at radius 1 is 1.03 bits per heavy atom. The van der Waals surface area contributed by atoms with Gasteiger partial charge in [0, 0.05) is 23.5 Å². The number of carbonyl (C=O) groups excluding carboxylic acids is 1. The molecule has 0 aliphatic rings. The molecule has 0 spiro atoms. The van der Waals surface area contributed by atoms with E-state index in [0.717, 1.165) is 16.9 Å². The van der Waals surface area contributed by atoms with Crippen LogP contribution in [0.15, 0.2) is 83.8 Å². The zero-order valence-electron chi connectivity index (χ0n) is 20.3. The first kappa shape index (κ1) is 24.3. The van der Waals surface area contributed by atoms with Gasteiger partial charge in [-0.05, 0) is 55.8 Å². The van der Waals surface area contributed by atoms with Crippen LogP contribution in [0.25, 0.3) is 22.6 Å². The second-order valence-electron chi connectivity index (χ2n) is 8.56. The highest BCUT2D eigenvalue weighted by atomic mass is 35.5. The number of aromatic nitrogens is 4. The molecule has 1 N–H and O–H groups in total. The van der Waals surface area contributed by atoms with Crippen molar-refractivity contribution in [1.82, 2.24) is 24.5 Å². The van der Waals surface area contributed by atoms with Crippen LogP contribution in [0.4, 0.5) is 0 Å². The third-order valence-corrected chi connectivity index (χ3v) is 6.12. The highest BCUT2D eigenvalue weighted by Gasteiger charge is 2.19. The Kier molecular flexibility index (Phi) is 6.74. The quantitative estimate of drug-likeness (QED) is 0.346. The lowest BCUT2D eigenvalue weighted by molar-refractivity contribution is -0.123. The van der Waals surface area contributed by atoms with Gasteiger partial charge in [0.2, 0.25) is 0 Å². The molecule has 3 heterocycles. The van der Waals surface area contributed by atoms with Crippen LogP contribution in [0.3, 0.4) is 0 Å². The van der Waals surface area contributed by atoms with Crippen molar-refractivity contribution in [3.05, 3.63) is 111 Å². The van der Waals surface area contributed by atoms with Gasteiger partial charge in [-0.2, -0.15) is 5.10 Å². The Bertz CT molecular complexity index is 1660. The second kappa shape index (κ2) is 10.3. The van der Waals surface area contributed by atoms with Gasteiger partial charge in [0.25, 0.3) is 11.5 Å². The Morgan fingerprint density at radius 2 is 1.84 bits per heavy atom. The molecule has 186 valence electrons. The summed E-state index contributed by atoms with van der Waals surface area (Å²) in [6.07, 6.45) is 1.62. The van der Waals surface area contributed by atoms with Crippen molar-refractivity contribution >= 4 is 23.2 Å². The van der Waals surface area contributed by atoms with Gasteiger partial charge in [-0.25, -0.2) is 9.67 Å². The summed E-state index contributed by atoms with van der Waals surface area (Å²) >= 11 is 6.15. The lowest BCUT2D eigenvalue weighted by Crippen LogP contribution is -2.28. The van der Waals surface area contributed by atoms with Gasteiger partial charge < -0.3 is 10.1 Å². The number of carbonyl (C=O) groups is 1. The average molecular weight is 514 g/mol. The van der Waals surface area contributed by atoms with Crippen molar-refractivity contribution < 1.29 is 9.53 Å². The van der Waals surface area contributed by atoms with Crippen LogP contribution in [-0.4, -0.2) is 31.7 Å². The van der Waals surface area contributed by atoms with Crippen molar-refractivity contribution in [3.63, 3.8) is 0 Å². The van der Waals surface area contributed by atoms with E-state index in [9.17, 15) is 9.59 Å². The molecule has 0 saturated heterocycles. The van der Waals surface area contributed by atoms with E-state index in [2.05, 4.69) is 15.4 Å². The van der Waals surface area contributed by atoms with E-state index in [1.807, 2.05) is 61.5 Å². The summed E-state index contributed by atoms with van der Waals surface area (Å²) in [6, 6.07) is 22.2. The molecule has 8 nitrogen and oxygen atoms in total. The predicted octanol–water partition coefficient (Wildman–Crippen LogP) is 4.51. The smallest absolute Gasteiger partial charge is 0.267 e. The molecule has 2 aromatic carbocycles. The maximum Gasteiger partial charge on any atom is 0.267 e. The molecule has 0 saturated carbocycles. The number of hydrogen-bond donors (Lipinski definition) is 1. The third-order valence-electron chi connectivity index (χ3n) is 5.89. The number of pyridine rings is 1. The fourth-order valence-electron chi connectivity index (χ4n) is 4.11. The van der Waals surface area contributed by atoms with E-state index in [-0.39, 0.29) is 18.1 Å². The number of nitrogens with one attached hydrogen (secondary N) is 1. The molecule has 9 heteroatoms. The minimum absolute atomic E-state index is 0.202. The molecule has 0 unspecified atom stereocenters. The molecule has 5 aromatic rings. The molecular weight excluding hydrogens is 490 g/mol. The molecule has 0 aliphatic carbocycles. The highest BCUT2D eigenvalue weighted by Crippen LogP contribution is 2.24. The Hall–Kier alpha value is -4.43. The van der Waals surface area contributed by atoms with E-state index >= 15 is 0 Å². The number of amides is 1. The molecular formula is C28H24ClN5O3. The summed E-state index contributed by atoms with van der Waals surface area (Å²) in [5.74, 6) is 0.0633. The molecule has 3 aromatic heterocycles. The van der Waals surface area contributed by atoms with Crippen LogP contribution in [0.5, 0.6) is 5.75 Å². The largest absolute Gasteiger partial charge is 0.480 e. The molecule has 0 fully saturated rings. The van der Waals surface area contributed by atoms with Crippen molar-refractivity contribution in [2.45, 2.75) is 20.4 Å². The van der Waals surface area contributed by atoms with Gasteiger partial charge in [-0.3, -0.25) is 14.0 Å². The lowest BCUT2D eigenvalue weighted by Gasteiger charge is -2.12. The van der Waals surface area contributed by atoms with Gasteiger partial charge in [0.15, 0.2) is 18.0 Å². The van der Waals surface area contributed by atoms with Crippen LogP contribution in [-0.2, 0) is 11.3 Å². The topological polar surface area (TPSA) is 90.5 Å². The van der Waals surface area contributed by atoms with Crippen molar-refractivity contribution in [2.24, 2.45) is 0 Å². The summed E-state index contributed by atoms with van der Waals surface area (Å²) in [5.41, 5.74) is 4.08. The molecule has 0 atom stereocenters. The fraction of sp³-hybridized carbons (Fsp3) is 0.143. The third kappa shape index (κ3) is 5.10. The summed E-state index contributed by atoms with van der Waals surface area (Å²) in [5, 5.41) is 8.09. The first-order valence-electron chi connectivity index (χ1n) is 11.7. The molecule has 0 bridgehead atoms. The van der Waals surface area contributed by atoms with E-state index in [1.54, 1.807) is 36.0 Å². The summed E-state index contributed by atoms with van der Waals surface area (Å²) in [4.78, 5) is 30.5. The Labute approximate surface area is 218 Å². The molecule has 1 amide bonds. The Morgan fingerprint density at radius 3 is 2.62 bits per heavy atom. The minimum Gasteiger partial charge on any atom is -0.480 e. The monoisotopic (exact) mass is 513 g/mol. The van der Waals surface area contributed by atoms with Crippen molar-refractivity contribution in [3.8, 4) is 22.7 Å². The zero-order chi connectivity index (χ0) is 25.9. The first-order valence-corrected chi connectivity index (χ1v) is 12.1. The van der Waals surface area contributed by atoms with Crippen LogP contribution >= 0.6 is 11.6 Å². The SMILES string of the molecule is Cc1nc2c(OCC(=O)NCc3ccccc3)cccn2c(=O)c1-c1cc(C)n(-c2cccc(Cl)c2)n1. The summed E-state index contributed by atoms with van der Waals surface area (Å²) in [7, 11) is 0. The second-order valence-corrected chi connectivity index (χ2v) is 8.99. The summed E-state index contributed by atoms with van der Waals surface area (Å²) < 4.78 is 8.90. The van der Waals surface area contributed by atoms with Crippen LogP contribution < -0.4 is 15.6 Å². The van der Waals surface area contributed by atoms with Gasteiger partial charge in [-0.15, -0.1) is 0 Å². The maximum atomic E-state index is 13.5. The van der Waals surface area contributed by atoms with Crippen LogP contribution in [0.1, 0.15) is 17.0 Å².